The molecule has 16 heteroatoms. The summed E-state index contributed by atoms with van der Waals surface area (Å²) in [6.07, 6.45) is -14.0. The largest absolute Gasteiger partial charge is 0.478 e. The first-order chi connectivity index (χ1) is 23.1. The number of H-pyrrole nitrogens is 1. The Kier molecular flexibility index (Phi) is 10.5. The van der Waals surface area contributed by atoms with Gasteiger partial charge in [0.25, 0.3) is 0 Å². The standard InChI is InChI=1S/C32H42N2O14/c1-2-13-16(9-19-22-15(7-8-33-19)14-5-3-4-6-18(14)34-22)17(29(42)43)12-44-30(13)48-32-27(41)28(24(38)21(11-36)46-32)47-31-26(40)25(39)23(37)20(10-35)45-31/h2-6,12-13,16,19-21,23-28,30-41H,1,7-11H2,(H,42,43)/t13-,16+,19+,20-,21-,23-,24-,25+,26-,27-,28+,30+,31-,32+/m1/s1. The van der Waals surface area contributed by atoms with E-state index in [0.29, 0.717) is 13.0 Å². The minimum absolute atomic E-state index is 0.0117. The van der Waals surface area contributed by atoms with E-state index in [4.69, 9.17) is 23.7 Å². The Balaban J connectivity index is 1.23. The molecule has 0 unspecified atom stereocenters. The van der Waals surface area contributed by atoms with Gasteiger partial charge < -0.3 is 74.8 Å². The number of para-hydroxylation sites is 1. The number of benzene rings is 1. The molecule has 10 N–H and O–H groups in total. The molecule has 14 atom stereocenters. The second kappa shape index (κ2) is 14.5. The summed E-state index contributed by atoms with van der Waals surface area (Å²) in [6.45, 7) is 3.11. The second-order valence-electron chi connectivity index (χ2n) is 12.5. The summed E-state index contributed by atoms with van der Waals surface area (Å²) in [7, 11) is 0. The SMILES string of the molecule is C=C[C@H]1[C@H](O[C@@H]2O[C@H](CO)[C@@H](O)[C@H](O[C@H]3O[C@H](CO)[C@@H](O)[C@H](O)[C@H]3O)[C@H]2O)OC=C(C(=O)O)[C@H]1C[C@@H]1NCCc2c1[nH]c1ccccc21. The third kappa shape index (κ3) is 6.39. The maximum atomic E-state index is 12.4. The van der Waals surface area contributed by atoms with Gasteiger partial charge in [0.2, 0.25) is 6.29 Å². The normalized spacial score (nSPS) is 40.1. The van der Waals surface area contributed by atoms with E-state index >= 15 is 0 Å². The Morgan fingerprint density at radius 1 is 0.917 bits per heavy atom. The van der Waals surface area contributed by atoms with Gasteiger partial charge in [-0.3, -0.25) is 0 Å². The quantitative estimate of drug-likeness (QED) is 0.124. The van der Waals surface area contributed by atoms with Crippen LogP contribution in [-0.2, 0) is 34.9 Å². The van der Waals surface area contributed by atoms with E-state index in [1.165, 1.54) is 6.08 Å². The second-order valence-corrected chi connectivity index (χ2v) is 12.5. The zero-order valence-electron chi connectivity index (χ0n) is 25.8. The molecular formula is C32H42N2O14. The fourth-order valence-corrected chi connectivity index (χ4v) is 7.12. The van der Waals surface area contributed by atoms with Crippen LogP contribution in [0.5, 0.6) is 0 Å². The van der Waals surface area contributed by atoms with Crippen molar-refractivity contribution in [2.75, 3.05) is 19.8 Å². The van der Waals surface area contributed by atoms with Crippen LogP contribution in [-0.4, -0.2) is 139 Å². The maximum absolute atomic E-state index is 12.4. The van der Waals surface area contributed by atoms with Crippen molar-refractivity contribution in [3.05, 3.63) is 60.0 Å². The van der Waals surface area contributed by atoms with E-state index in [1.807, 2.05) is 24.3 Å². The molecule has 0 spiro atoms. The highest BCUT2D eigenvalue weighted by Crippen LogP contribution is 2.42. The van der Waals surface area contributed by atoms with Gasteiger partial charge in [-0.15, -0.1) is 6.58 Å². The zero-order valence-corrected chi connectivity index (χ0v) is 25.8. The first-order valence-corrected chi connectivity index (χ1v) is 15.9. The van der Waals surface area contributed by atoms with E-state index < -0.39 is 98.7 Å². The first kappa shape index (κ1) is 34.9. The van der Waals surface area contributed by atoms with Crippen LogP contribution in [0.15, 0.2) is 48.8 Å². The number of aliphatic carboxylic acids is 1. The molecule has 5 heterocycles. The number of rotatable bonds is 10. The van der Waals surface area contributed by atoms with E-state index in [1.54, 1.807) is 0 Å². The van der Waals surface area contributed by atoms with E-state index in [-0.39, 0.29) is 11.6 Å². The number of carbonyl (C=O) groups is 1. The zero-order chi connectivity index (χ0) is 34.3. The van der Waals surface area contributed by atoms with Crippen molar-refractivity contribution in [1.29, 1.82) is 0 Å². The van der Waals surface area contributed by atoms with Crippen LogP contribution < -0.4 is 5.32 Å². The Morgan fingerprint density at radius 2 is 1.60 bits per heavy atom. The topological polar surface area (TPSA) is 253 Å². The van der Waals surface area contributed by atoms with Crippen LogP contribution in [0.25, 0.3) is 10.9 Å². The summed E-state index contributed by atoms with van der Waals surface area (Å²) in [5, 5.41) is 87.1. The average molecular weight is 679 g/mol. The molecular weight excluding hydrogens is 636 g/mol. The molecule has 2 saturated heterocycles. The van der Waals surface area contributed by atoms with Gasteiger partial charge in [-0.2, -0.15) is 0 Å². The number of aliphatic hydroxyl groups is 7. The molecule has 1 aromatic carbocycles. The number of nitrogens with one attached hydrogen (secondary N) is 2. The minimum atomic E-state index is -1.84. The molecule has 6 rings (SSSR count). The van der Waals surface area contributed by atoms with Crippen LogP contribution in [0, 0.1) is 11.8 Å². The molecule has 0 saturated carbocycles. The lowest BCUT2D eigenvalue weighted by Crippen LogP contribution is -2.65. The monoisotopic (exact) mass is 678 g/mol. The highest BCUT2D eigenvalue weighted by Gasteiger charge is 2.52. The summed E-state index contributed by atoms with van der Waals surface area (Å²) in [6, 6.07) is 7.68. The highest BCUT2D eigenvalue weighted by atomic mass is 16.8. The van der Waals surface area contributed by atoms with Crippen LogP contribution in [0.4, 0.5) is 0 Å². The molecule has 1 aromatic heterocycles. The van der Waals surface area contributed by atoms with Gasteiger partial charge in [-0.05, 0) is 31.0 Å². The smallest absolute Gasteiger partial charge is 0.334 e. The number of hydrogen-bond donors (Lipinski definition) is 10. The number of aliphatic hydroxyl groups excluding tert-OH is 7. The van der Waals surface area contributed by atoms with E-state index in [9.17, 15) is 45.6 Å². The van der Waals surface area contributed by atoms with Crippen molar-refractivity contribution in [2.45, 2.75) is 86.6 Å². The predicted molar refractivity (Wildman–Crippen MR) is 163 cm³/mol. The van der Waals surface area contributed by atoms with Crippen LogP contribution >= 0.6 is 0 Å². The molecule has 48 heavy (non-hydrogen) atoms. The van der Waals surface area contributed by atoms with Crippen molar-refractivity contribution in [3.8, 4) is 0 Å². The Morgan fingerprint density at radius 3 is 2.29 bits per heavy atom. The number of hydrogen-bond acceptors (Lipinski definition) is 14. The lowest BCUT2D eigenvalue weighted by Gasteiger charge is -2.47. The molecule has 0 aliphatic carbocycles. The molecule has 16 nitrogen and oxygen atoms in total. The molecule has 2 aromatic rings. The van der Waals surface area contributed by atoms with Gasteiger partial charge in [0.15, 0.2) is 12.6 Å². The van der Waals surface area contributed by atoms with Crippen LogP contribution in [0.2, 0.25) is 0 Å². The maximum Gasteiger partial charge on any atom is 0.334 e. The third-order valence-corrected chi connectivity index (χ3v) is 9.71. The van der Waals surface area contributed by atoms with Gasteiger partial charge in [0.05, 0.1) is 25.0 Å². The van der Waals surface area contributed by atoms with Gasteiger partial charge in [-0.1, -0.05) is 24.3 Å². The summed E-state index contributed by atoms with van der Waals surface area (Å²) in [4.78, 5) is 15.9. The summed E-state index contributed by atoms with van der Waals surface area (Å²) < 4.78 is 28.5. The molecule has 264 valence electrons. The van der Waals surface area contributed by atoms with E-state index in [0.717, 1.165) is 34.8 Å². The Bertz CT molecular complexity index is 1480. The number of carboxylic acids is 1. The van der Waals surface area contributed by atoms with E-state index in [2.05, 4.69) is 16.9 Å². The van der Waals surface area contributed by atoms with Gasteiger partial charge >= 0.3 is 5.97 Å². The number of aromatic nitrogens is 1. The fraction of sp³-hybridized carbons (Fsp3) is 0.594. The number of carboxylic acid groups (broad SMARTS) is 1. The Hall–Kier alpha value is -2.97. The Labute approximate surface area is 274 Å². The van der Waals surface area contributed by atoms with Crippen molar-refractivity contribution >= 4 is 16.9 Å². The summed E-state index contributed by atoms with van der Waals surface area (Å²) >= 11 is 0. The predicted octanol–water partition coefficient (Wildman–Crippen LogP) is -1.87. The third-order valence-electron chi connectivity index (χ3n) is 9.71. The van der Waals surface area contributed by atoms with Crippen LogP contribution in [0.3, 0.4) is 0 Å². The molecule has 0 amide bonds. The molecule has 4 aliphatic heterocycles. The minimum Gasteiger partial charge on any atom is -0.478 e. The number of aromatic amines is 1. The van der Waals surface area contributed by atoms with Gasteiger partial charge in [-0.25, -0.2) is 4.79 Å². The van der Waals surface area contributed by atoms with Crippen molar-refractivity contribution in [3.63, 3.8) is 0 Å². The van der Waals surface area contributed by atoms with Crippen molar-refractivity contribution < 1.29 is 69.3 Å². The molecule has 4 aliphatic rings. The highest BCUT2D eigenvalue weighted by molar-refractivity contribution is 5.87. The first-order valence-electron chi connectivity index (χ1n) is 15.9. The molecule has 0 radical (unpaired) electrons. The molecule has 2 fully saturated rings. The summed E-state index contributed by atoms with van der Waals surface area (Å²) in [5.41, 5.74) is 3.08. The number of ether oxygens (including phenoxy) is 5. The van der Waals surface area contributed by atoms with Crippen LogP contribution in [0.1, 0.15) is 23.7 Å². The average Bonchev–Trinajstić information content (AvgIpc) is 3.47. The fourth-order valence-electron chi connectivity index (χ4n) is 7.12. The number of fused-ring (bicyclic) bond motifs is 3. The molecule has 0 bridgehead atoms. The van der Waals surface area contributed by atoms with Gasteiger partial charge in [0, 0.05) is 34.5 Å². The lowest BCUT2D eigenvalue weighted by atomic mass is 9.78. The van der Waals surface area contributed by atoms with Gasteiger partial charge in [0.1, 0.15) is 48.8 Å². The van der Waals surface area contributed by atoms with Crippen molar-refractivity contribution in [1.82, 2.24) is 10.3 Å². The summed E-state index contributed by atoms with van der Waals surface area (Å²) in [5.74, 6) is -2.66. The van der Waals surface area contributed by atoms with Crippen molar-refractivity contribution in [2.24, 2.45) is 11.8 Å². The lowest BCUT2D eigenvalue weighted by molar-refractivity contribution is -0.374.